The number of hydrogen-bond donors (Lipinski definition) is 2. The summed E-state index contributed by atoms with van der Waals surface area (Å²) >= 11 is 0. The van der Waals surface area contributed by atoms with E-state index < -0.39 is 0 Å². The summed E-state index contributed by atoms with van der Waals surface area (Å²) in [5.74, 6) is 1.76. The van der Waals surface area contributed by atoms with Crippen LogP contribution in [0.2, 0.25) is 0 Å². The Balaban J connectivity index is 0.000000886. The Hall–Kier alpha value is -3.81. The molecule has 7 heteroatoms. The predicted octanol–water partition coefficient (Wildman–Crippen LogP) is 6.50. The van der Waals surface area contributed by atoms with Crippen molar-refractivity contribution in [2.24, 2.45) is 5.92 Å². The molecule has 40 heavy (non-hydrogen) atoms. The fourth-order valence-corrected chi connectivity index (χ4v) is 4.95. The van der Waals surface area contributed by atoms with Crippen LogP contribution in [0.5, 0.6) is 0 Å². The van der Waals surface area contributed by atoms with E-state index in [4.69, 9.17) is 15.7 Å². The lowest BCUT2D eigenvalue weighted by atomic mass is 9.97. The smallest absolute Gasteiger partial charge is 0.165 e. The van der Waals surface area contributed by atoms with Crippen LogP contribution in [0, 0.1) is 5.92 Å². The number of imidazole rings is 1. The van der Waals surface area contributed by atoms with Crippen molar-refractivity contribution in [2.75, 3.05) is 31.9 Å². The zero-order valence-electron chi connectivity index (χ0n) is 24.6. The zero-order valence-corrected chi connectivity index (χ0v) is 24.6. The second kappa shape index (κ2) is 14.0. The Labute approximate surface area is 238 Å². The van der Waals surface area contributed by atoms with Crippen LogP contribution >= 0.6 is 0 Å². The van der Waals surface area contributed by atoms with Gasteiger partial charge in [-0.05, 0) is 59.9 Å². The molecule has 0 bridgehead atoms. The quantitative estimate of drug-likeness (QED) is 0.302. The summed E-state index contributed by atoms with van der Waals surface area (Å²) in [6.07, 6.45) is 9.42. The van der Waals surface area contributed by atoms with Crippen LogP contribution in [-0.4, -0.2) is 50.6 Å². The van der Waals surface area contributed by atoms with E-state index in [2.05, 4.69) is 81.3 Å². The topological polar surface area (TPSA) is 84.9 Å². The number of hydrogen-bond acceptors (Lipinski definition) is 6. The lowest BCUT2D eigenvalue weighted by Gasteiger charge is -2.27. The van der Waals surface area contributed by atoms with Crippen LogP contribution in [0.4, 0.5) is 5.82 Å². The minimum absolute atomic E-state index is 0.455. The van der Waals surface area contributed by atoms with Gasteiger partial charge in [-0.15, -0.1) is 0 Å². The van der Waals surface area contributed by atoms with Crippen LogP contribution in [0.3, 0.4) is 0 Å². The van der Waals surface area contributed by atoms with Crippen LogP contribution in [0.25, 0.3) is 33.8 Å². The van der Waals surface area contributed by atoms with Crippen molar-refractivity contribution in [3.63, 3.8) is 0 Å². The minimum atomic E-state index is 0.455. The van der Waals surface area contributed by atoms with Gasteiger partial charge in [-0.2, -0.15) is 0 Å². The maximum Gasteiger partial charge on any atom is 0.165 e. The fourth-order valence-electron chi connectivity index (χ4n) is 4.95. The molecule has 3 N–H and O–H groups in total. The van der Waals surface area contributed by atoms with Crippen molar-refractivity contribution in [3.8, 4) is 17.1 Å². The Morgan fingerprint density at radius 1 is 0.950 bits per heavy atom. The van der Waals surface area contributed by atoms with Crippen LogP contribution < -0.4 is 11.1 Å². The molecule has 1 aliphatic carbocycles. The lowest BCUT2D eigenvalue weighted by Crippen LogP contribution is -2.42. The molecule has 0 saturated carbocycles. The van der Waals surface area contributed by atoms with E-state index in [1.165, 1.54) is 5.56 Å². The number of aromatic nitrogens is 4. The maximum absolute atomic E-state index is 6.30. The average Bonchev–Trinajstić information content (AvgIpc) is 3.39. The van der Waals surface area contributed by atoms with Gasteiger partial charge in [-0.1, -0.05) is 65.0 Å². The first-order valence-corrected chi connectivity index (χ1v) is 14.7. The van der Waals surface area contributed by atoms with Gasteiger partial charge in [0.2, 0.25) is 0 Å². The second-order valence-electron chi connectivity index (χ2n) is 9.67. The predicted molar refractivity (Wildman–Crippen MR) is 168 cm³/mol. The van der Waals surface area contributed by atoms with Gasteiger partial charge in [0.25, 0.3) is 0 Å². The molecular weight excluding hydrogens is 494 g/mol. The number of fused-ring (bicyclic) bond motifs is 1. The standard InChI is InChI=1S/C29H31N7.2C2H6/c1-20-4-8-22(9-5-20)25-12-13-26-29(33-25)36(28(34-26)24-3-2-14-32-27(24)30)23-10-6-21(7-11-23)19-35-17-15-31-16-18-35;2*1-2/h2-4,6-14,20,31H,5,15-19H2,1H3,(H2,30,32);2*1-2H3. The molecule has 6 rings (SSSR count). The summed E-state index contributed by atoms with van der Waals surface area (Å²) in [6, 6.07) is 16.7. The zero-order chi connectivity index (χ0) is 28.5. The molecule has 4 heterocycles. The highest BCUT2D eigenvalue weighted by atomic mass is 15.2. The summed E-state index contributed by atoms with van der Waals surface area (Å²) < 4.78 is 2.11. The molecule has 0 amide bonds. The van der Waals surface area contributed by atoms with Crippen LogP contribution in [0.1, 0.15) is 52.3 Å². The molecule has 3 aromatic heterocycles. The van der Waals surface area contributed by atoms with Crippen molar-refractivity contribution in [3.05, 3.63) is 84.2 Å². The minimum Gasteiger partial charge on any atom is -0.383 e. The fraction of sp³-hybridized carbons (Fsp3) is 0.364. The van der Waals surface area contributed by atoms with Gasteiger partial charge in [0.15, 0.2) is 11.5 Å². The molecule has 0 radical (unpaired) electrons. The van der Waals surface area contributed by atoms with Crippen molar-refractivity contribution < 1.29 is 0 Å². The molecule has 2 aliphatic rings. The Morgan fingerprint density at radius 3 is 2.38 bits per heavy atom. The number of pyridine rings is 2. The van der Waals surface area contributed by atoms with Gasteiger partial charge in [0, 0.05) is 44.6 Å². The maximum atomic E-state index is 6.30. The molecule has 1 unspecified atom stereocenters. The van der Waals surface area contributed by atoms with E-state index in [1.807, 2.05) is 39.8 Å². The number of rotatable bonds is 5. The van der Waals surface area contributed by atoms with Gasteiger partial charge in [0.05, 0.1) is 11.3 Å². The van der Waals surface area contributed by atoms with Crippen LogP contribution in [-0.2, 0) is 6.54 Å². The third kappa shape index (κ3) is 6.49. The monoisotopic (exact) mass is 537 g/mol. The largest absolute Gasteiger partial charge is 0.383 e. The highest BCUT2D eigenvalue weighted by Crippen LogP contribution is 2.32. The number of benzene rings is 1. The summed E-state index contributed by atoms with van der Waals surface area (Å²) in [4.78, 5) is 16.9. The third-order valence-corrected chi connectivity index (χ3v) is 7.00. The summed E-state index contributed by atoms with van der Waals surface area (Å²) in [6.45, 7) is 15.4. The van der Waals surface area contributed by atoms with E-state index in [9.17, 15) is 0 Å². The van der Waals surface area contributed by atoms with Crippen molar-refractivity contribution in [1.82, 2.24) is 29.7 Å². The second-order valence-corrected chi connectivity index (χ2v) is 9.67. The lowest BCUT2D eigenvalue weighted by molar-refractivity contribution is 0.233. The van der Waals surface area contributed by atoms with E-state index in [1.54, 1.807) is 6.20 Å². The van der Waals surface area contributed by atoms with Crippen molar-refractivity contribution in [1.29, 1.82) is 0 Å². The molecule has 1 aliphatic heterocycles. The van der Waals surface area contributed by atoms with Gasteiger partial charge in [-0.25, -0.2) is 15.0 Å². The van der Waals surface area contributed by atoms with Crippen molar-refractivity contribution >= 4 is 22.6 Å². The molecule has 0 spiro atoms. The van der Waals surface area contributed by atoms with Gasteiger partial charge in [0.1, 0.15) is 11.3 Å². The van der Waals surface area contributed by atoms with Gasteiger partial charge >= 0.3 is 0 Å². The van der Waals surface area contributed by atoms with E-state index in [-0.39, 0.29) is 0 Å². The average molecular weight is 538 g/mol. The number of piperazine rings is 1. The van der Waals surface area contributed by atoms with Crippen molar-refractivity contribution in [2.45, 2.75) is 47.6 Å². The summed E-state index contributed by atoms with van der Waals surface area (Å²) in [7, 11) is 0. The van der Waals surface area contributed by atoms with Gasteiger partial charge < -0.3 is 11.1 Å². The normalized spacial score (nSPS) is 16.9. The molecule has 1 saturated heterocycles. The molecule has 7 nitrogen and oxygen atoms in total. The highest BCUT2D eigenvalue weighted by molar-refractivity contribution is 5.85. The molecule has 1 aromatic carbocycles. The molecular formula is C33H43N7. The first-order chi connectivity index (χ1) is 19.7. The first kappa shape index (κ1) is 29.2. The summed E-state index contributed by atoms with van der Waals surface area (Å²) in [5.41, 5.74) is 13.1. The Morgan fingerprint density at radius 2 is 1.70 bits per heavy atom. The number of nitrogen functional groups attached to an aromatic ring is 1. The first-order valence-electron chi connectivity index (χ1n) is 14.7. The number of nitrogens with two attached hydrogens (primary N) is 1. The Kier molecular flexibility index (Phi) is 10.2. The van der Waals surface area contributed by atoms with Gasteiger partial charge in [-0.3, -0.25) is 9.47 Å². The van der Waals surface area contributed by atoms with Crippen LogP contribution in [0.15, 0.2) is 73.0 Å². The van der Waals surface area contributed by atoms with E-state index in [0.29, 0.717) is 11.7 Å². The Bertz CT molecular complexity index is 1440. The highest BCUT2D eigenvalue weighted by Gasteiger charge is 2.19. The molecule has 210 valence electrons. The number of allylic oxidation sites excluding steroid dienone is 4. The molecule has 4 aromatic rings. The number of nitrogens with zero attached hydrogens (tertiary/aromatic N) is 5. The third-order valence-electron chi connectivity index (χ3n) is 7.00. The number of anilines is 1. The summed E-state index contributed by atoms with van der Waals surface area (Å²) in [5, 5.41) is 3.42. The molecule has 1 fully saturated rings. The van der Waals surface area contributed by atoms with E-state index in [0.717, 1.165) is 78.7 Å². The SMILES string of the molecule is CC.CC.CC1C=CC(c2ccc3nc(-c4cccnc4N)n(-c4ccc(CN5CCNCC5)cc4)c3n2)=CC1. The van der Waals surface area contributed by atoms with E-state index >= 15 is 0 Å². The molecule has 1 atom stereocenters. The number of nitrogens with one attached hydrogen (secondary N) is 1.